The van der Waals surface area contributed by atoms with Crippen LogP contribution in [0.25, 0.3) is 0 Å². The van der Waals surface area contributed by atoms with E-state index in [4.69, 9.17) is 0 Å². The van der Waals surface area contributed by atoms with Crippen molar-refractivity contribution in [2.45, 2.75) is 64.2 Å². The van der Waals surface area contributed by atoms with E-state index in [1.54, 1.807) is 12.1 Å². The molecule has 0 saturated heterocycles. The molecule has 2 aromatic carbocycles. The minimum atomic E-state index is 0.344. The zero-order valence-corrected chi connectivity index (χ0v) is 14.8. The van der Waals surface area contributed by atoms with Crippen molar-refractivity contribution in [3.05, 3.63) is 58.7 Å². The van der Waals surface area contributed by atoms with Gasteiger partial charge in [-0.15, -0.1) is 0 Å². The van der Waals surface area contributed by atoms with Crippen molar-refractivity contribution in [2.24, 2.45) is 0 Å². The Balaban J connectivity index is 1.76. The summed E-state index contributed by atoms with van der Waals surface area (Å²) in [6, 6.07) is 11.8. The first-order valence-electron chi connectivity index (χ1n) is 9.26. The monoisotopic (exact) mass is 324 g/mol. The first-order chi connectivity index (χ1) is 11.6. The van der Waals surface area contributed by atoms with E-state index in [1.807, 2.05) is 6.07 Å². The maximum absolute atomic E-state index is 10.1. The SMILES string of the molecule is CCc1c(O)ccc(C2CCC(c3ccc(O)cc3)CC2)c1CC. The third-order valence-corrected chi connectivity index (χ3v) is 5.68. The zero-order chi connectivity index (χ0) is 17.1. The molecule has 0 amide bonds. The molecule has 0 unspecified atom stereocenters. The average Bonchev–Trinajstić information content (AvgIpc) is 2.62. The Kier molecular flexibility index (Phi) is 5.13. The lowest BCUT2D eigenvalue weighted by Gasteiger charge is -2.31. The minimum absolute atomic E-state index is 0.344. The van der Waals surface area contributed by atoms with Crippen LogP contribution >= 0.6 is 0 Å². The van der Waals surface area contributed by atoms with Crippen molar-refractivity contribution in [1.82, 2.24) is 0 Å². The van der Waals surface area contributed by atoms with Gasteiger partial charge in [0.05, 0.1) is 0 Å². The Bertz CT molecular complexity index is 680. The molecule has 2 heteroatoms. The number of phenolic OH excluding ortho intramolecular Hbond substituents is 2. The summed E-state index contributed by atoms with van der Waals surface area (Å²) in [7, 11) is 0. The molecule has 0 aliphatic heterocycles. The Morgan fingerprint density at radius 3 is 1.92 bits per heavy atom. The minimum Gasteiger partial charge on any atom is -0.508 e. The Labute approximate surface area is 145 Å². The van der Waals surface area contributed by atoms with Crippen molar-refractivity contribution in [1.29, 1.82) is 0 Å². The van der Waals surface area contributed by atoms with E-state index in [2.05, 4.69) is 32.0 Å². The van der Waals surface area contributed by atoms with Gasteiger partial charge in [-0.1, -0.05) is 32.0 Å². The summed E-state index contributed by atoms with van der Waals surface area (Å²) >= 11 is 0. The van der Waals surface area contributed by atoms with E-state index in [1.165, 1.54) is 42.4 Å². The van der Waals surface area contributed by atoms with Crippen molar-refractivity contribution < 1.29 is 10.2 Å². The molecule has 0 atom stereocenters. The molecule has 0 heterocycles. The number of benzene rings is 2. The Morgan fingerprint density at radius 1 is 0.750 bits per heavy atom. The highest BCUT2D eigenvalue weighted by molar-refractivity contribution is 5.46. The third-order valence-electron chi connectivity index (χ3n) is 5.68. The number of rotatable bonds is 4. The van der Waals surface area contributed by atoms with Gasteiger partial charge < -0.3 is 10.2 Å². The van der Waals surface area contributed by atoms with Crippen LogP contribution in [0.3, 0.4) is 0 Å². The lowest BCUT2D eigenvalue weighted by atomic mass is 9.74. The molecule has 2 N–H and O–H groups in total. The molecule has 0 spiro atoms. The predicted octanol–water partition coefficient (Wildman–Crippen LogP) is 5.66. The molecular weight excluding hydrogens is 296 g/mol. The van der Waals surface area contributed by atoms with Crippen LogP contribution in [-0.4, -0.2) is 10.2 Å². The molecule has 0 radical (unpaired) electrons. The second kappa shape index (κ2) is 7.29. The molecule has 0 aromatic heterocycles. The molecule has 2 aromatic rings. The molecular formula is C22H28O2. The largest absolute Gasteiger partial charge is 0.508 e. The molecule has 1 aliphatic carbocycles. The van der Waals surface area contributed by atoms with E-state index in [0.717, 1.165) is 18.4 Å². The van der Waals surface area contributed by atoms with E-state index in [0.29, 0.717) is 23.3 Å². The molecule has 1 saturated carbocycles. The van der Waals surface area contributed by atoms with E-state index >= 15 is 0 Å². The first kappa shape index (κ1) is 16.9. The molecule has 1 aliphatic rings. The van der Waals surface area contributed by atoms with Gasteiger partial charge >= 0.3 is 0 Å². The Morgan fingerprint density at radius 2 is 1.33 bits per heavy atom. The summed E-state index contributed by atoms with van der Waals surface area (Å²) in [6.07, 6.45) is 6.68. The van der Waals surface area contributed by atoms with Crippen LogP contribution in [0.2, 0.25) is 0 Å². The number of hydrogen-bond donors (Lipinski definition) is 2. The van der Waals surface area contributed by atoms with Gasteiger partial charge in [-0.2, -0.15) is 0 Å². The summed E-state index contributed by atoms with van der Waals surface area (Å²) in [6.45, 7) is 4.32. The normalized spacial score (nSPS) is 20.9. The molecule has 24 heavy (non-hydrogen) atoms. The third kappa shape index (κ3) is 3.28. The van der Waals surface area contributed by atoms with Gasteiger partial charge in [0.15, 0.2) is 0 Å². The fourth-order valence-electron chi connectivity index (χ4n) is 4.38. The number of phenols is 2. The molecule has 3 rings (SSSR count). The fourth-order valence-corrected chi connectivity index (χ4v) is 4.38. The van der Waals surface area contributed by atoms with Crippen LogP contribution in [0.15, 0.2) is 36.4 Å². The van der Waals surface area contributed by atoms with Crippen LogP contribution in [0, 0.1) is 0 Å². The van der Waals surface area contributed by atoms with Gasteiger partial charge in [-0.3, -0.25) is 0 Å². The standard InChI is InChI=1S/C22H28O2/c1-3-19-20(4-2)22(24)14-13-21(19)17-7-5-15(6-8-17)16-9-11-18(23)12-10-16/h9-15,17,23-24H,3-8H2,1-2H3. The smallest absolute Gasteiger partial charge is 0.119 e. The van der Waals surface area contributed by atoms with E-state index in [-0.39, 0.29) is 0 Å². The van der Waals surface area contributed by atoms with Gasteiger partial charge in [0.2, 0.25) is 0 Å². The highest BCUT2D eigenvalue weighted by atomic mass is 16.3. The van der Waals surface area contributed by atoms with Crippen LogP contribution in [-0.2, 0) is 12.8 Å². The molecule has 0 bridgehead atoms. The number of aromatic hydroxyl groups is 2. The highest BCUT2D eigenvalue weighted by Crippen LogP contribution is 2.43. The van der Waals surface area contributed by atoms with Crippen LogP contribution < -0.4 is 0 Å². The second-order valence-electron chi connectivity index (χ2n) is 6.98. The zero-order valence-electron chi connectivity index (χ0n) is 14.8. The first-order valence-corrected chi connectivity index (χ1v) is 9.26. The van der Waals surface area contributed by atoms with Gasteiger partial charge in [-0.05, 0) is 90.8 Å². The lowest BCUT2D eigenvalue weighted by Crippen LogP contribution is -2.14. The summed E-state index contributed by atoms with van der Waals surface area (Å²) in [5.41, 5.74) is 5.31. The maximum atomic E-state index is 10.1. The van der Waals surface area contributed by atoms with Crippen molar-refractivity contribution in [3.8, 4) is 11.5 Å². The van der Waals surface area contributed by atoms with Crippen LogP contribution in [0.1, 0.15) is 73.6 Å². The fraction of sp³-hybridized carbons (Fsp3) is 0.455. The van der Waals surface area contributed by atoms with E-state index < -0.39 is 0 Å². The molecule has 128 valence electrons. The quantitative estimate of drug-likeness (QED) is 0.761. The highest BCUT2D eigenvalue weighted by Gasteiger charge is 2.25. The molecule has 1 fully saturated rings. The van der Waals surface area contributed by atoms with Gasteiger partial charge in [0.25, 0.3) is 0 Å². The van der Waals surface area contributed by atoms with Crippen LogP contribution in [0.4, 0.5) is 0 Å². The lowest BCUT2D eigenvalue weighted by molar-refractivity contribution is 0.393. The Hall–Kier alpha value is -1.96. The van der Waals surface area contributed by atoms with Crippen molar-refractivity contribution in [2.75, 3.05) is 0 Å². The van der Waals surface area contributed by atoms with Crippen LogP contribution in [0.5, 0.6) is 11.5 Å². The topological polar surface area (TPSA) is 40.5 Å². The average molecular weight is 324 g/mol. The summed E-state index contributed by atoms with van der Waals surface area (Å²) < 4.78 is 0. The van der Waals surface area contributed by atoms with Gasteiger partial charge in [-0.25, -0.2) is 0 Å². The number of hydrogen-bond acceptors (Lipinski definition) is 2. The summed E-state index contributed by atoms with van der Waals surface area (Å²) in [5, 5.41) is 19.6. The maximum Gasteiger partial charge on any atom is 0.119 e. The van der Waals surface area contributed by atoms with Gasteiger partial charge in [0.1, 0.15) is 11.5 Å². The molecule has 2 nitrogen and oxygen atoms in total. The predicted molar refractivity (Wildman–Crippen MR) is 98.9 cm³/mol. The van der Waals surface area contributed by atoms with Gasteiger partial charge in [0, 0.05) is 0 Å². The van der Waals surface area contributed by atoms with E-state index in [9.17, 15) is 10.2 Å². The summed E-state index contributed by atoms with van der Waals surface area (Å²) in [5.74, 6) is 2.01. The van der Waals surface area contributed by atoms with Crippen molar-refractivity contribution >= 4 is 0 Å². The van der Waals surface area contributed by atoms with Crippen molar-refractivity contribution in [3.63, 3.8) is 0 Å². The summed E-state index contributed by atoms with van der Waals surface area (Å²) in [4.78, 5) is 0. The second-order valence-corrected chi connectivity index (χ2v) is 6.98.